The number of methoxy groups -OCH3 is 2. The monoisotopic (exact) mass is 482 g/mol. The fourth-order valence-electron chi connectivity index (χ4n) is 5.32. The number of aromatic amines is 1. The van der Waals surface area contributed by atoms with Crippen LogP contribution in [0.5, 0.6) is 11.5 Å². The molecular weight excluding hydrogens is 448 g/mol. The highest BCUT2D eigenvalue weighted by Crippen LogP contribution is 2.31. The molecule has 1 aliphatic carbocycles. The van der Waals surface area contributed by atoms with E-state index in [1.807, 2.05) is 16.8 Å². The second-order valence-corrected chi connectivity index (χ2v) is 9.53. The first-order valence-electron chi connectivity index (χ1n) is 12.5. The van der Waals surface area contributed by atoms with E-state index in [2.05, 4.69) is 25.4 Å². The molecule has 3 heterocycles. The SMILES string of the molecule is COc1cc2cc(CN(Cc3nnnn3C[C@H]3CCCO3)C3CCCCC3)c(=O)[nH]c2cc1OC. The molecule has 3 aromatic rings. The van der Waals surface area contributed by atoms with E-state index >= 15 is 0 Å². The van der Waals surface area contributed by atoms with Crippen molar-refractivity contribution in [2.24, 2.45) is 0 Å². The summed E-state index contributed by atoms with van der Waals surface area (Å²) in [6.45, 7) is 2.58. The van der Waals surface area contributed by atoms with Gasteiger partial charge in [0.2, 0.25) is 0 Å². The number of fused-ring (bicyclic) bond motifs is 1. The lowest BCUT2D eigenvalue weighted by atomic mass is 9.93. The van der Waals surface area contributed by atoms with E-state index in [-0.39, 0.29) is 11.7 Å². The van der Waals surface area contributed by atoms with Crippen molar-refractivity contribution in [2.45, 2.75) is 76.7 Å². The number of hydrogen-bond acceptors (Lipinski definition) is 8. The van der Waals surface area contributed by atoms with Crippen LogP contribution in [0, 0.1) is 0 Å². The second-order valence-electron chi connectivity index (χ2n) is 9.53. The summed E-state index contributed by atoms with van der Waals surface area (Å²) in [7, 11) is 3.20. The number of aromatic nitrogens is 5. The van der Waals surface area contributed by atoms with Crippen LogP contribution in [-0.2, 0) is 24.4 Å². The van der Waals surface area contributed by atoms with E-state index in [1.165, 1.54) is 19.3 Å². The van der Waals surface area contributed by atoms with Crippen LogP contribution < -0.4 is 15.0 Å². The molecule has 1 aromatic carbocycles. The molecule has 0 radical (unpaired) electrons. The zero-order chi connectivity index (χ0) is 24.2. The Morgan fingerprint density at radius 3 is 2.60 bits per heavy atom. The summed E-state index contributed by atoms with van der Waals surface area (Å²) in [5.41, 5.74) is 1.35. The Labute approximate surface area is 204 Å². The molecule has 1 saturated carbocycles. The minimum atomic E-state index is -0.0931. The molecule has 2 aliphatic rings. The van der Waals surface area contributed by atoms with Gasteiger partial charge in [0.1, 0.15) is 0 Å². The van der Waals surface area contributed by atoms with Crippen LogP contribution in [-0.4, -0.2) is 63.1 Å². The Balaban J connectivity index is 1.42. The minimum absolute atomic E-state index is 0.0931. The Morgan fingerprint density at radius 1 is 1.06 bits per heavy atom. The third-order valence-electron chi connectivity index (χ3n) is 7.24. The first-order valence-corrected chi connectivity index (χ1v) is 12.5. The van der Waals surface area contributed by atoms with Crippen molar-refractivity contribution in [3.05, 3.63) is 39.9 Å². The summed E-state index contributed by atoms with van der Waals surface area (Å²) in [6.07, 6.45) is 8.17. The number of benzene rings is 1. The molecule has 2 fully saturated rings. The average Bonchev–Trinajstić information content (AvgIpc) is 3.56. The van der Waals surface area contributed by atoms with E-state index in [4.69, 9.17) is 14.2 Å². The van der Waals surface area contributed by atoms with Crippen LogP contribution in [0.1, 0.15) is 56.3 Å². The zero-order valence-electron chi connectivity index (χ0n) is 20.5. The fourth-order valence-corrected chi connectivity index (χ4v) is 5.32. The molecule has 5 rings (SSSR count). The predicted octanol–water partition coefficient (Wildman–Crippen LogP) is 3.05. The second kappa shape index (κ2) is 10.7. The van der Waals surface area contributed by atoms with Crippen LogP contribution in [0.4, 0.5) is 0 Å². The highest BCUT2D eigenvalue weighted by molar-refractivity contribution is 5.83. The van der Waals surface area contributed by atoms with Gasteiger partial charge >= 0.3 is 0 Å². The number of H-pyrrole nitrogens is 1. The maximum absolute atomic E-state index is 13.1. The number of rotatable bonds is 9. The van der Waals surface area contributed by atoms with Gasteiger partial charge in [-0.25, -0.2) is 4.68 Å². The molecule has 2 aromatic heterocycles. The van der Waals surface area contributed by atoms with Crippen LogP contribution >= 0.6 is 0 Å². The van der Waals surface area contributed by atoms with Gasteiger partial charge in [0, 0.05) is 36.2 Å². The van der Waals surface area contributed by atoms with Gasteiger partial charge in [-0.05, 0) is 48.2 Å². The Bertz CT molecular complexity index is 1200. The highest BCUT2D eigenvalue weighted by Gasteiger charge is 2.26. The number of hydrogen-bond donors (Lipinski definition) is 1. The van der Waals surface area contributed by atoms with Crippen LogP contribution in [0.2, 0.25) is 0 Å². The Kier molecular flexibility index (Phi) is 7.29. The van der Waals surface area contributed by atoms with E-state index in [0.29, 0.717) is 42.7 Å². The maximum Gasteiger partial charge on any atom is 0.252 e. The van der Waals surface area contributed by atoms with Crippen molar-refractivity contribution < 1.29 is 14.2 Å². The molecule has 0 unspecified atom stereocenters. The quantitative estimate of drug-likeness (QED) is 0.496. The molecule has 0 bridgehead atoms. The summed E-state index contributed by atoms with van der Waals surface area (Å²) in [5, 5.41) is 13.4. The standard InChI is InChI=1S/C25H34N6O4/c1-33-22-12-17-11-18(25(32)26-21(17)13-23(22)34-2)14-30(19-7-4-3-5-8-19)16-24-27-28-29-31(24)15-20-9-6-10-35-20/h11-13,19-20H,3-10,14-16H2,1-2H3,(H,26,32)/t20-/m1/s1. The van der Waals surface area contributed by atoms with E-state index in [1.54, 1.807) is 20.3 Å². The topological polar surface area (TPSA) is 107 Å². The third-order valence-corrected chi connectivity index (χ3v) is 7.24. The first kappa shape index (κ1) is 23.7. The molecule has 35 heavy (non-hydrogen) atoms. The van der Waals surface area contributed by atoms with Gasteiger partial charge < -0.3 is 19.2 Å². The lowest BCUT2D eigenvalue weighted by Gasteiger charge is -2.34. The molecule has 1 atom stereocenters. The largest absolute Gasteiger partial charge is 0.493 e. The molecule has 1 N–H and O–H groups in total. The van der Waals surface area contributed by atoms with Gasteiger partial charge in [-0.2, -0.15) is 0 Å². The van der Waals surface area contributed by atoms with E-state index < -0.39 is 0 Å². The first-order chi connectivity index (χ1) is 17.1. The van der Waals surface area contributed by atoms with E-state index in [9.17, 15) is 4.79 Å². The smallest absolute Gasteiger partial charge is 0.252 e. The van der Waals surface area contributed by atoms with Crippen LogP contribution in [0.3, 0.4) is 0 Å². The van der Waals surface area contributed by atoms with Crippen LogP contribution in [0.25, 0.3) is 10.9 Å². The third kappa shape index (κ3) is 5.33. The summed E-state index contributed by atoms with van der Waals surface area (Å²) in [6, 6.07) is 6.05. The molecule has 10 nitrogen and oxygen atoms in total. The van der Waals surface area contributed by atoms with Gasteiger partial charge in [-0.3, -0.25) is 9.69 Å². The number of pyridine rings is 1. The van der Waals surface area contributed by atoms with Gasteiger partial charge in [0.25, 0.3) is 5.56 Å². The zero-order valence-corrected chi connectivity index (χ0v) is 20.5. The van der Waals surface area contributed by atoms with Crippen molar-refractivity contribution in [3.63, 3.8) is 0 Å². The minimum Gasteiger partial charge on any atom is -0.493 e. The number of tetrazole rings is 1. The molecule has 10 heteroatoms. The van der Waals surface area contributed by atoms with Gasteiger partial charge in [-0.1, -0.05) is 19.3 Å². The summed E-state index contributed by atoms with van der Waals surface area (Å²) in [5.74, 6) is 2.04. The number of nitrogens with zero attached hydrogens (tertiary/aromatic N) is 5. The number of ether oxygens (including phenoxy) is 3. The molecule has 1 saturated heterocycles. The molecule has 188 valence electrons. The maximum atomic E-state index is 13.1. The lowest BCUT2D eigenvalue weighted by Crippen LogP contribution is -2.38. The van der Waals surface area contributed by atoms with Crippen molar-refractivity contribution in [1.82, 2.24) is 30.1 Å². The predicted molar refractivity (Wildman–Crippen MR) is 131 cm³/mol. The molecule has 0 spiro atoms. The van der Waals surface area contributed by atoms with Crippen molar-refractivity contribution in [3.8, 4) is 11.5 Å². The number of nitrogens with one attached hydrogen (secondary N) is 1. The highest BCUT2D eigenvalue weighted by atomic mass is 16.5. The van der Waals surface area contributed by atoms with Gasteiger partial charge in [0.15, 0.2) is 17.3 Å². The van der Waals surface area contributed by atoms with E-state index in [0.717, 1.165) is 49.0 Å². The summed E-state index contributed by atoms with van der Waals surface area (Å²) < 4.78 is 18.5. The lowest BCUT2D eigenvalue weighted by molar-refractivity contribution is 0.0893. The Morgan fingerprint density at radius 2 is 1.86 bits per heavy atom. The van der Waals surface area contributed by atoms with Crippen molar-refractivity contribution in [1.29, 1.82) is 0 Å². The molecular formula is C25H34N6O4. The van der Waals surface area contributed by atoms with Crippen molar-refractivity contribution >= 4 is 10.9 Å². The Hall–Kier alpha value is -2.98. The van der Waals surface area contributed by atoms with Crippen LogP contribution in [0.15, 0.2) is 23.0 Å². The van der Waals surface area contributed by atoms with Crippen molar-refractivity contribution in [2.75, 3.05) is 20.8 Å². The summed E-state index contributed by atoms with van der Waals surface area (Å²) in [4.78, 5) is 18.5. The average molecular weight is 483 g/mol. The van der Waals surface area contributed by atoms with Gasteiger partial charge in [-0.15, -0.1) is 5.10 Å². The van der Waals surface area contributed by atoms with Gasteiger partial charge in [0.05, 0.1) is 38.9 Å². The summed E-state index contributed by atoms with van der Waals surface area (Å²) >= 11 is 0. The normalized spacial score (nSPS) is 19.0. The molecule has 1 aliphatic heterocycles. The molecule has 0 amide bonds. The fraction of sp³-hybridized carbons (Fsp3) is 0.600.